The minimum absolute atomic E-state index is 0.0743. The molecule has 3 rings (SSSR count). The zero-order valence-electron chi connectivity index (χ0n) is 27.2. The van der Waals surface area contributed by atoms with Gasteiger partial charge in [-0.1, -0.05) is 6.92 Å². The zero-order valence-corrected chi connectivity index (χ0v) is 28.0. The molecule has 1 N–H and O–H groups in total. The molecule has 15 heteroatoms. The third-order valence-electron chi connectivity index (χ3n) is 7.41. The lowest BCUT2D eigenvalue weighted by Crippen LogP contribution is -2.55. The molecule has 1 fully saturated rings. The summed E-state index contributed by atoms with van der Waals surface area (Å²) in [6.07, 6.45) is -4.19. The SMILES string of the molecule is CCCS(=O)(=O)NCCN1C(=O)C(C)(C)Oc2cc(C(F)(F)F)c(C(=O)N(C(C)C)[C@@H]3CCCN(C(=O)OC(C)(C)C)C3)cc21. The third-order valence-corrected chi connectivity index (χ3v) is 9.00. The second-order valence-electron chi connectivity index (χ2n) is 13.2. The molecule has 0 saturated carbocycles. The highest BCUT2D eigenvalue weighted by Crippen LogP contribution is 2.44. The Morgan fingerprint density at radius 1 is 1.20 bits per heavy atom. The zero-order chi connectivity index (χ0) is 34.1. The van der Waals surface area contributed by atoms with Crippen molar-refractivity contribution in [1.29, 1.82) is 0 Å². The van der Waals surface area contributed by atoms with E-state index >= 15 is 0 Å². The van der Waals surface area contributed by atoms with E-state index in [0.717, 1.165) is 17.0 Å². The van der Waals surface area contributed by atoms with Crippen molar-refractivity contribution in [2.75, 3.05) is 36.8 Å². The molecule has 0 aliphatic carbocycles. The molecule has 254 valence electrons. The standard InChI is InChI=1S/C30H45F3N4O7S/c1-9-15-45(41,42)34-12-14-36-23-16-21(22(30(31,32)33)17-24(23)43-29(7,8)26(36)39)25(38)37(19(2)3)20-11-10-13-35(18-20)27(40)44-28(4,5)6/h16-17,19-20,34H,9-15,18H2,1-8H3/t20-/m1/s1. The Labute approximate surface area is 263 Å². The lowest BCUT2D eigenvalue weighted by atomic mass is 9.96. The predicted octanol–water partition coefficient (Wildman–Crippen LogP) is 4.79. The normalized spacial score (nSPS) is 18.8. The maximum Gasteiger partial charge on any atom is 0.417 e. The van der Waals surface area contributed by atoms with Gasteiger partial charge in [-0.05, 0) is 79.9 Å². The van der Waals surface area contributed by atoms with Crippen LogP contribution in [-0.4, -0.2) is 91.3 Å². The Bertz CT molecular complexity index is 1390. The average molecular weight is 663 g/mol. The lowest BCUT2D eigenvalue weighted by molar-refractivity contribution is -0.138. The monoisotopic (exact) mass is 662 g/mol. The maximum atomic E-state index is 14.5. The Morgan fingerprint density at radius 3 is 2.40 bits per heavy atom. The van der Waals surface area contributed by atoms with E-state index in [-0.39, 0.29) is 36.8 Å². The Hall–Kier alpha value is -3.07. The number of hydrogen-bond acceptors (Lipinski definition) is 7. The summed E-state index contributed by atoms with van der Waals surface area (Å²) >= 11 is 0. The molecule has 1 aromatic rings. The van der Waals surface area contributed by atoms with Crippen molar-refractivity contribution < 1.29 is 45.4 Å². The number of hydrogen-bond donors (Lipinski definition) is 1. The van der Waals surface area contributed by atoms with Crippen LogP contribution in [0.15, 0.2) is 12.1 Å². The minimum atomic E-state index is -4.95. The number of nitrogens with zero attached hydrogens (tertiary/aromatic N) is 3. The van der Waals surface area contributed by atoms with Gasteiger partial charge in [-0.3, -0.25) is 9.59 Å². The molecule has 2 heterocycles. The molecule has 0 radical (unpaired) electrons. The number of sulfonamides is 1. The van der Waals surface area contributed by atoms with Gasteiger partial charge >= 0.3 is 12.3 Å². The van der Waals surface area contributed by atoms with Gasteiger partial charge in [-0.25, -0.2) is 17.9 Å². The van der Waals surface area contributed by atoms with Gasteiger partial charge in [0.15, 0.2) is 5.60 Å². The Balaban J connectivity index is 2.05. The number of ether oxygens (including phenoxy) is 2. The number of fused-ring (bicyclic) bond motifs is 1. The highest BCUT2D eigenvalue weighted by Gasteiger charge is 2.45. The molecular weight excluding hydrogens is 617 g/mol. The van der Waals surface area contributed by atoms with Crippen molar-refractivity contribution in [3.05, 3.63) is 23.3 Å². The van der Waals surface area contributed by atoms with Crippen LogP contribution in [0, 0.1) is 0 Å². The van der Waals surface area contributed by atoms with Gasteiger partial charge < -0.3 is 24.2 Å². The van der Waals surface area contributed by atoms with Crippen molar-refractivity contribution in [1.82, 2.24) is 14.5 Å². The van der Waals surface area contributed by atoms with Crippen LogP contribution in [0.25, 0.3) is 0 Å². The Kier molecular flexibility index (Phi) is 10.8. The summed E-state index contributed by atoms with van der Waals surface area (Å²) in [5.74, 6) is -1.91. The van der Waals surface area contributed by atoms with Crippen LogP contribution in [-0.2, 0) is 25.7 Å². The van der Waals surface area contributed by atoms with Gasteiger partial charge in [0.1, 0.15) is 11.4 Å². The highest BCUT2D eigenvalue weighted by atomic mass is 32.2. The van der Waals surface area contributed by atoms with Crippen molar-refractivity contribution in [2.45, 2.75) is 104 Å². The summed E-state index contributed by atoms with van der Waals surface area (Å²) in [6, 6.07) is 0.575. The quantitative estimate of drug-likeness (QED) is 0.403. The van der Waals surface area contributed by atoms with Crippen LogP contribution in [0.2, 0.25) is 0 Å². The first-order valence-corrected chi connectivity index (χ1v) is 16.8. The van der Waals surface area contributed by atoms with Crippen LogP contribution < -0.4 is 14.4 Å². The molecule has 1 aromatic carbocycles. The number of benzene rings is 1. The number of amides is 3. The smallest absolute Gasteiger partial charge is 0.417 e. The first kappa shape index (κ1) is 36.4. The van der Waals surface area contributed by atoms with Crippen LogP contribution in [0.5, 0.6) is 5.75 Å². The fourth-order valence-corrected chi connectivity index (χ4v) is 6.62. The summed E-state index contributed by atoms with van der Waals surface area (Å²) in [5.41, 5.74) is -4.30. The predicted molar refractivity (Wildman–Crippen MR) is 163 cm³/mol. The lowest BCUT2D eigenvalue weighted by Gasteiger charge is -2.42. The number of rotatable bonds is 9. The summed E-state index contributed by atoms with van der Waals surface area (Å²) in [4.78, 5) is 44.3. The van der Waals surface area contributed by atoms with Crippen molar-refractivity contribution in [3.63, 3.8) is 0 Å². The summed E-state index contributed by atoms with van der Waals surface area (Å²) in [6.45, 7) is 13.1. The van der Waals surface area contributed by atoms with Crippen LogP contribution in [0.4, 0.5) is 23.7 Å². The van der Waals surface area contributed by atoms with Crippen LogP contribution in [0.1, 0.15) is 90.6 Å². The average Bonchev–Trinajstić information content (AvgIpc) is 2.88. The van der Waals surface area contributed by atoms with E-state index in [0.29, 0.717) is 25.8 Å². The summed E-state index contributed by atoms with van der Waals surface area (Å²) in [7, 11) is -3.62. The fourth-order valence-electron chi connectivity index (χ4n) is 5.54. The van der Waals surface area contributed by atoms with Crippen LogP contribution in [0.3, 0.4) is 0 Å². The number of piperidine rings is 1. The molecule has 45 heavy (non-hydrogen) atoms. The number of anilines is 1. The van der Waals surface area contributed by atoms with E-state index in [1.54, 1.807) is 41.5 Å². The molecule has 0 unspecified atom stereocenters. The minimum Gasteiger partial charge on any atom is -0.476 e. The van der Waals surface area contributed by atoms with E-state index in [1.165, 1.54) is 23.6 Å². The Morgan fingerprint density at radius 2 is 1.84 bits per heavy atom. The number of nitrogens with one attached hydrogen (secondary N) is 1. The number of likely N-dealkylation sites (tertiary alicyclic amines) is 1. The molecule has 0 bridgehead atoms. The van der Waals surface area contributed by atoms with E-state index in [1.807, 2.05) is 0 Å². The summed E-state index contributed by atoms with van der Waals surface area (Å²) in [5, 5.41) is 0. The second-order valence-corrected chi connectivity index (χ2v) is 15.1. The number of halogens is 3. The molecule has 1 saturated heterocycles. The van der Waals surface area contributed by atoms with Gasteiger partial charge in [0.2, 0.25) is 10.0 Å². The van der Waals surface area contributed by atoms with E-state index < -0.39 is 68.5 Å². The highest BCUT2D eigenvalue weighted by molar-refractivity contribution is 7.89. The van der Waals surface area contributed by atoms with Crippen molar-refractivity contribution in [3.8, 4) is 5.75 Å². The van der Waals surface area contributed by atoms with Crippen LogP contribution >= 0.6 is 0 Å². The third kappa shape index (κ3) is 8.81. The molecule has 2 aliphatic heterocycles. The first-order valence-electron chi connectivity index (χ1n) is 15.1. The fraction of sp³-hybridized carbons (Fsp3) is 0.700. The molecule has 2 aliphatic rings. The molecule has 0 spiro atoms. The molecule has 1 atom stereocenters. The van der Waals surface area contributed by atoms with Gasteiger partial charge in [-0.15, -0.1) is 0 Å². The van der Waals surface area contributed by atoms with Gasteiger partial charge in [-0.2, -0.15) is 13.2 Å². The van der Waals surface area contributed by atoms with Crippen molar-refractivity contribution >= 4 is 33.6 Å². The van der Waals surface area contributed by atoms with Gasteiger partial charge in [0, 0.05) is 32.2 Å². The second kappa shape index (κ2) is 13.3. The number of carbonyl (C=O) groups is 3. The molecule has 3 amide bonds. The van der Waals surface area contributed by atoms with Gasteiger partial charge in [0.05, 0.1) is 28.6 Å². The van der Waals surface area contributed by atoms with E-state index in [9.17, 15) is 36.0 Å². The molecule has 0 aromatic heterocycles. The maximum absolute atomic E-state index is 14.5. The summed E-state index contributed by atoms with van der Waals surface area (Å²) < 4.78 is 81.6. The van der Waals surface area contributed by atoms with E-state index in [4.69, 9.17) is 9.47 Å². The first-order chi connectivity index (χ1) is 20.6. The van der Waals surface area contributed by atoms with Crippen molar-refractivity contribution in [2.24, 2.45) is 0 Å². The number of carbonyl (C=O) groups excluding carboxylic acids is 3. The van der Waals surface area contributed by atoms with E-state index in [2.05, 4.69) is 4.72 Å². The molecular formula is C30H45F3N4O7S. The number of alkyl halides is 3. The topological polar surface area (TPSA) is 126 Å². The molecule has 11 nitrogen and oxygen atoms in total. The largest absolute Gasteiger partial charge is 0.476 e. The van der Waals surface area contributed by atoms with Gasteiger partial charge in [0.25, 0.3) is 11.8 Å².